The molecule has 1 aromatic heterocycles. The van der Waals surface area contributed by atoms with Gasteiger partial charge in [-0.2, -0.15) is 0 Å². The summed E-state index contributed by atoms with van der Waals surface area (Å²) in [6, 6.07) is 0. The minimum atomic E-state index is -0.216. The van der Waals surface area contributed by atoms with Crippen LogP contribution in [-0.2, 0) is 13.0 Å². The maximum absolute atomic E-state index is 9.85. The lowest BCUT2D eigenvalue weighted by Crippen LogP contribution is -2.06. The van der Waals surface area contributed by atoms with Crippen molar-refractivity contribution in [2.75, 3.05) is 0 Å². The van der Waals surface area contributed by atoms with Gasteiger partial charge in [0.1, 0.15) is 0 Å². The van der Waals surface area contributed by atoms with Crippen LogP contribution in [0.5, 0.6) is 0 Å². The molecule has 15 heavy (non-hydrogen) atoms. The van der Waals surface area contributed by atoms with Crippen LogP contribution < -0.4 is 0 Å². The van der Waals surface area contributed by atoms with E-state index in [0.29, 0.717) is 0 Å². The number of aliphatic hydroxyl groups is 1. The van der Waals surface area contributed by atoms with E-state index >= 15 is 0 Å². The van der Waals surface area contributed by atoms with Gasteiger partial charge in [-0.3, -0.25) is 0 Å². The van der Waals surface area contributed by atoms with Crippen molar-refractivity contribution in [3.63, 3.8) is 0 Å². The standard InChI is InChI=1S/C13H21NO/c1-3-10(2)7-14-8-11-5-4-6-13(15)12(11)9-14/h8-10,13,15H,3-7H2,1-2H3. The van der Waals surface area contributed by atoms with Gasteiger partial charge in [-0.05, 0) is 30.7 Å². The minimum absolute atomic E-state index is 0.216. The number of aryl methyl sites for hydroxylation is 1. The lowest BCUT2D eigenvalue weighted by Gasteiger charge is -2.16. The highest BCUT2D eigenvalue weighted by atomic mass is 16.3. The largest absolute Gasteiger partial charge is 0.388 e. The Kier molecular flexibility index (Phi) is 3.15. The van der Waals surface area contributed by atoms with E-state index < -0.39 is 0 Å². The van der Waals surface area contributed by atoms with E-state index in [-0.39, 0.29) is 6.10 Å². The van der Waals surface area contributed by atoms with Crippen LogP contribution in [0.15, 0.2) is 12.4 Å². The van der Waals surface area contributed by atoms with Crippen LogP contribution in [-0.4, -0.2) is 9.67 Å². The maximum atomic E-state index is 9.85. The molecule has 0 fully saturated rings. The first kappa shape index (κ1) is 10.7. The van der Waals surface area contributed by atoms with Crippen molar-refractivity contribution in [2.45, 2.75) is 52.2 Å². The van der Waals surface area contributed by atoms with Crippen LogP contribution in [0, 0.1) is 5.92 Å². The Hall–Kier alpha value is -0.760. The van der Waals surface area contributed by atoms with E-state index in [4.69, 9.17) is 0 Å². The van der Waals surface area contributed by atoms with Crippen LogP contribution >= 0.6 is 0 Å². The molecule has 2 rings (SSSR count). The molecule has 0 saturated carbocycles. The first-order chi connectivity index (χ1) is 7.20. The summed E-state index contributed by atoms with van der Waals surface area (Å²) in [6.45, 7) is 5.58. The lowest BCUT2D eigenvalue weighted by molar-refractivity contribution is 0.157. The van der Waals surface area contributed by atoms with Crippen LogP contribution in [0.4, 0.5) is 0 Å². The van der Waals surface area contributed by atoms with E-state index in [1.165, 1.54) is 17.5 Å². The van der Waals surface area contributed by atoms with Crippen molar-refractivity contribution < 1.29 is 5.11 Å². The summed E-state index contributed by atoms with van der Waals surface area (Å²) in [6.07, 6.45) is 8.56. The second kappa shape index (κ2) is 4.40. The van der Waals surface area contributed by atoms with Crippen LogP contribution in [0.2, 0.25) is 0 Å². The average Bonchev–Trinajstić information content (AvgIpc) is 2.62. The van der Waals surface area contributed by atoms with Gasteiger partial charge in [0.15, 0.2) is 0 Å². The molecule has 0 aromatic carbocycles. The van der Waals surface area contributed by atoms with Gasteiger partial charge < -0.3 is 9.67 Å². The SMILES string of the molecule is CCC(C)Cn1cc2c(c1)C(O)CCC2. The topological polar surface area (TPSA) is 25.2 Å². The molecule has 1 heterocycles. The van der Waals surface area contributed by atoms with E-state index in [9.17, 15) is 5.11 Å². The quantitative estimate of drug-likeness (QED) is 0.810. The zero-order valence-corrected chi connectivity index (χ0v) is 9.74. The van der Waals surface area contributed by atoms with Crippen LogP contribution in [0.3, 0.4) is 0 Å². The van der Waals surface area contributed by atoms with Gasteiger partial charge in [-0.1, -0.05) is 20.3 Å². The van der Waals surface area contributed by atoms with Crippen molar-refractivity contribution in [2.24, 2.45) is 5.92 Å². The predicted molar refractivity (Wildman–Crippen MR) is 61.8 cm³/mol. The third-order valence-electron chi connectivity index (χ3n) is 3.50. The van der Waals surface area contributed by atoms with Gasteiger partial charge in [0, 0.05) is 24.5 Å². The Bertz CT molecular complexity index is 329. The Balaban J connectivity index is 2.14. The van der Waals surface area contributed by atoms with E-state index in [0.717, 1.165) is 31.7 Å². The molecule has 84 valence electrons. The highest BCUT2D eigenvalue weighted by Crippen LogP contribution is 2.30. The number of aromatic nitrogens is 1. The Labute approximate surface area is 91.9 Å². The lowest BCUT2D eigenvalue weighted by atomic mass is 9.93. The van der Waals surface area contributed by atoms with Gasteiger partial charge in [-0.25, -0.2) is 0 Å². The summed E-state index contributed by atoms with van der Waals surface area (Å²) in [5.41, 5.74) is 2.53. The first-order valence-corrected chi connectivity index (χ1v) is 6.07. The molecule has 0 aliphatic heterocycles. The van der Waals surface area contributed by atoms with Gasteiger partial charge in [0.05, 0.1) is 6.10 Å². The molecule has 1 aliphatic rings. The zero-order valence-electron chi connectivity index (χ0n) is 9.74. The summed E-state index contributed by atoms with van der Waals surface area (Å²) in [4.78, 5) is 0. The second-order valence-corrected chi connectivity index (χ2v) is 4.86. The fourth-order valence-electron chi connectivity index (χ4n) is 2.32. The molecule has 0 bridgehead atoms. The molecular formula is C13H21NO. The summed E-state index contributed by atoms with van der Waals surface area (Å²) >= 11 is 0. The Morgan fingerprint density at radius 3 is 3.00 bits per heavy atom. The second-order valence-electron chi connectivity index (χ2n) is 4.86. The van der Waals surface area contributed by atoms with E-state index in [2.05, 4.69) is 30.8 Å². The van der Waals surface area contributed by atoms with Crippen molar-refractivity contribution in [1.29, 1.82) is 0 Å². The molecule has 0 saturated heterocycles. The van der Waals surface area contributed by atoms with Crippen LogP contribution in [0.25, 0.3) is 0 Å². The Morgan fingerprint density at radius 2 is 2.33 bits per heavy atom. The first-order valence-electron chi connectivity index (χ1n) is 6.07. The number of hydrogen-bond donors (Lipinski definition) is 1. The third kappa shape index (κ3) is 2.25. The number of nitrogens with zero attached hydrogens (tertiary/aromatic N) is 1. The van der Waals surface area contributed by atoms with Crippen molar-refractivity contribution >= 4 is 0 Å². The van der Waals surface area contributed by atoms with Crippen LogP contribution in [0.1, 0.15) is 50.3 Å². The molecular weight excluding hydrogens is 186 g/mol. The highest BCUT2D eigenvalue weighted by Gasteiger charge is 2.19. The molecule has 0 spiro atoms. The van der Waals surface area contributed by atoms with Crippen molar-refractivity contribution in [3.8, 4) is 0 Å². The smallest absolute Gasteiger partial charge is 0.0807 e. The number of aliphatic hydroxyl groups excluding tert-OH is 1. The monoisotopic (exact) mass is 207 g/mol. The number of fused-ring (bicyclic) bond motifs is 1. The molecule has 0 radical (unpaired) electrons. The summed E-state index contributed by atoms with van der Waals surface area (Å²) in [7, 11) is 0. The summed E-state index contributed by atoms with van der Waals surface area (Å²) in [5, 5.41) is 9.85. The van der Waals surface area contributed by atoms with Crippen molar-refractivity contribution in [3.05, 3.63) is 23.5 Å². The molecule has 2 unspecified atom stereocenters. The normalized spacial score (nSPS) is 22.5. The Morgan fingerprint density at radius 1 is 1.53 bits per heavy atom. The predicted octanol–water partition coefficient (Wildman–Crippen LogP) is 2.90. The summed E-state index contributed by atoms with van der Waals surface area (Å²) in [5.74, 6) is 0.719. The number of rotatable bonds is 3. The average molecular weight is 207 g/mol. The number of hydrogen-bond acceptors (Lipinski definition) is 1. The fraction of sp³-hybridized carbons (Fsp3) is 0.692. The van der Waals surface area contributed by atoms with Gasteiger partial charge in [0.2, 0.25) is 0 Å². The molecule has 2 heteroatoms. The van der Waals surface area contributed by atoms with Gasteiger partial charge in [-0.15, -0.1) is 0 Å². The fourth-order valence-corrected chi connectivity index (χ4v) is 2.32. The zero-order chi connectivity index (χ0) is 10.8. The summed E-state index contributed by atoms with van der Waals surface area (Å²) < 4.78 is 2.26. The minimum Gasteiger partial charge on any atom is -0.388 e. The molecule has 0 amide bonds. The third-order valence-corrected chi connectivity index (χ3v) is 3.50. The molecule has 2 atom stereocenters. The maximum Gasteiger partial charge on any atom is 0.0807 e. The van der Waals surface area contributed by atoms with Gasteiger partial charge >= 0.3 is 0 Å². The molecule has 1 N–H and O–H groups in total. The van der Waals surface area contributed by atoms with E-state index in [1.807, 2.05) is 0 Å². The molecule has 2 nitrogen and oxygen atoms in total. The van der Waals surface area contributed by atoms with Crippen molar-refractivity contribution in [1.82, 2.24) is 4.57 Å². The van der Waals surface area contributed by atoms with E-state index in [1.54, 1.807) is 0 Å². The highest BCUT2D eigenvalue weighted by molar-refractivity contribution is 5.28. The van der Waals surface area contributed by atoms with Gasteiger partial charge in [0.25, 0.3) is 0 Å². The molecule has 1 aliphatic carbocycles. The molecule has 1 aromatic rings.